The summed E-state index contributed by atoms with van der Waals surface area (Å²) < 4.78 is 23.7. The van der Waals surface area contributed by atoms with Crippen molar-refractivity contribution in [2.75, 3.05) is 0 Å². The third-order valence-corrected chi connectivity index (χ3v) is 2.15. The highest BCUT2D eigenvalue weighted by Gasteiger charge is 1.94. The van der Waals surface area contributed by atoms with Crippen LogP contribution in [0.2, 0.25) is 0 Å². The van der Waals surface area contributed by atoms with E-state index in [0.717, 1.165) is 17.2 Å². The molecule has 0 radical (unpaired) electrons. The minimum absolute atomic E-state index is 0.340. The molecule has 0 amide bonds. The van der Waals surface area contributed by atoms with Crippen molar-refractivity contribution in [1.29, 1.82) is 0 Å². The van der Waals surface area contributed by atoms with Crippen molar-refractivity contribution >= 4 is 6.08 Å². The lowest BCUT2D eigenvalue weighted by Gasteiger charge is -1.99. The zero-order chi connectivity index (χ0) is 11.8. The van der Waals surface area contributed by atoms with E-state index >= 15 is 0 Å². The molecule has 0 spiro atoms. The minimum Gasteiger partial charge on any atom is -0.174 e. The van der Waals surface area contributed by atoms with Gasteiger partial charge in [-0.3, -0.25) is 0 Å². The fourth-order valence-corrected chi connectivity index (χ4v) is 1.34. The van der Waals surface area contributed by atoms with E-state index < -0.39 is 6.08 Å². The van der Waals surface area contributed by atoms with E-state index in [0.29, 0.717) is 12.8 Å². The Hall–Kier alpha value is -1.70. The maximum absolute atomic E-state index is 11.8. The average Bonchev–Trinajstić information content (AvgIpc) is 2.28. The van der Waals surface area contributed by atoms with Gasteiger partial charge in [-0.1, -0.05) is 49.1 Å². The monoisotopic (exact) mass is 220 g/mol. The van der Waals surface area contributed by atoms with Gasteiger partial charge in [-0.05, 0) is 30.1 Å². The Bertz CT molecular complexity index is 384. The number of hydrogen-bond donors (Lipinski definition) is 0. The van der Waals surface area contributed by atoms with Crippen molar-refractivity contribution in [2.24, 2.45) is 0 Å². The van der Waals surface area contributed by atoms with Gasteiger partial charge < -0.3 is 0 Å². The van der Waals surface area contributed by atoms with Crippen LogP contribution in [-0.4, -0.2) is 0 Å². The largest absolute Gasteiger partial charge is 0.266 e. The van der Waals surface area contributed by atoms with Crippen LogP contribution in [0.15, 0.2) is 60.7 Å². The van der Waals surface area contributed by atoms with Gasteiger partial charge in [0.25, 0.3) is 6.08 Å². The van der Waals surface area contributed by atoms with Crippen LogP contribution in [0.3, 0.4) is 0 Å². The second-order valence-electron chi connectivity index (χ2n) is 3.37. The Morgan fingerprint density at radius 2 is 1.88 bits per heavy atom. The summed E-state index contributed by atoms with van der Waals surface area (Å²) in [5.74, 6) is 0. The van der Waals surface area contributed by atoms with E-state index in [-0.39, 0.29) is 0 Å². The molecule has 2 heteroatoms. The van der Waals surface area contributed by atoms with Gasteiger partial charge >= 0.3 is 0 Å². The first kappa shape index (κ1) is 12.4. The van der Waals surface area contributed by atoms with Crippen molar-refractivity contribution in [3.05, 3.63) is 66.3 Å². The van der Waals surface area contributed by atoms with E-state index in [9.17, 15) is 8.78 Å². The molecule has 0 heterocycles. The Morgan fingerprint density at radius 1 is 1.19 bits per heavy atom. The molecule has 0 nitrogen and oxygen atoms in total. The zero-order valence-corrected chi connectivity index (χ0v) is 9.00. The van der Waals surface area contributed by atoms with Crippen LogP contribution < -0.4 is 0 Å². The standard InChI is InChI=1S/C14H14F2/c1-2-12(9-6-10-14(15)16)11-13-7-4-3-5-8-13/h2-5,7-8,10-11H,1,6,9H2. The molecule has 0 aromatic heterocycles. The average molecular weight is 220 g/mol. The fraction of sp³-hybridized carbons (Fsp3) is 0.143. The topological polar surface area (TPSA) is 0 Å². The maximum Gasteiger partial charge on any atom is 0.266 e. The lowest BCUT2D eigenvalue weighted by Crippen LogP contribution is -1.79. The summed E-state index contributed by atoms with van der Waals surface area (Å²) in [5.41, 5.74) is 2.02. The van der Waals surface area contributed by atoms with E-state index in [1.807, 2.05) is 36.4 Å². The molecule has 84 valence electrons. The predicted molar refractivity (Wildman–Crippen MR) is 64.1 cm³/mol. The lowest BCUT2D eigenvalue weighted by atomic mass is 10.1. The van der Waals surface area contributed by atoms with Crippen LogP contribution in [0.1, 0.15) is 18.4 Å². The molecule has 0 aliphatic heterocycles. The summed E-state index contributed by atoms with van der Waals surface area (Å²) in [6.07, 6.45) is 3.89. The number of hydrogen-bond acceptors (Lipinski definition) is 0. The van der Waals surface area contributed by atoms with E-state index in [1.54, 1.807) is 6.08 Å². The van der Waals surface area contributed by atoms with Gasteiger partial charge in [0.15, 0.2) is 0 Å². The fourth-order valence-electron chi connectivity index (χ4n) is 1.34. The van der Waals surface area contributed by atoms with Crippen LogP contribution in [0.25, 0.3) is 6.08 Å². The molecule has 0 bridgehead atoms. The Kier molecular flexibility index (Phi) is 5.20. The summed E-state index contributed by atoms with van der Waals surface area (Å²) in [5, 5.41) is 0. The first-order valence-electron chi connectivity index (χ1n) is 5.11. The van der Waals surface area contributed by atoms with E-state index in [1.165, 1.54) is 0 Å². The van der Waals surface area contributed by atoms with Gasteiger partial charge in [0, 0.05) is 0 Å². The first-order valence-corrected chi connectivity index (χ1v) is 5.11. The second-order valence-corrected chi connectivity index (χ2v) is 3.37. The molecule has 0 unspecified atom stereocenters. The number of allylic oxidation sites excluding steroid dienone is 3. The van der Waals surface area contributed by atoms with Crippen molar-refractivity contribution in [3.63, 3.8) is 0 Å². The predicted octanol–water partition coefficient (Wildman–Crippen LogP) is 4.82. The number of rotatable bonds is 5. The highest BCUT2D eigenvalue weighted by molar-refractivity contribution is 5.55. The first-order chi connectivity index (χ1) is 7.72. The number of benzene rings is 1. The molecule has 0 fully saturated rings. The van der Waals surface area contributed by atoms with Gasteiger partial charge in [0.1, 0.15) is 0 Å². The molecule has 1 aromatic rings. The molecule has 0 N–H and O–H groups in total. The molecule has 0 atom stereocenters. The van der Waals surface area contributed by atoms with E-state index in [2.05, 4.69) is 6.58 Å². The molecular formula is C14H14F2. The van der Waals surface area contributed by atoms with Crippen LogP contribution in [-0.2, 0) is 0 Å². The summed E-state index contributed by atoms with van der Waals surface area (Å²) >= 11 is 0. The third-order valence-electron chi connectivity index (χ3n) is 2.15. The molecule has 0 saturated carbocycles. The van der Waals surface area contributed by atoms with Crippen molar-refractivity contribution in [1.82, 2.24) is 0 Å². The van der Waals surface area contributed by atoms with Crippen LogP contribution in [0, 0.1) is 0 Å². The van der Waals surface area contributed by atoms with Crippen LogP contribution in [0.5, 0.6) is 0 Å². The second kappa shape index (κ2) is 6.72. The maximum atomic E-state index is 11.8. The summed E-state index contributed by atoms with van der Waals surface area (Å²) in [4.78, 5) is 0. The molecule has 1 rings (SSSR count). The van der Waals surface area contributed by atoms with Crippen LogP contribution in [0.4, 0.5) is 8.78 Å². The Labute approximate surface area is 94.6 Å². The van der Waals surface area contributed by atoms with E-state index in [4.69, 9.17) is 0 Å². The quantitative estimate of drug-likeness (QED) is 0.624. The highest BCUT2D eigenvalue weighted by Crippen LogP contribution is 2.14. The zero-order valence-electron chi connectivity index (χ0n) is 9.00. The Morgan fingerprint density at radius 3 is 2.44 bits per heavy atom. The molecule has 0 aliphatic rings. The van der Waals surface area contributed by atoms with Crippen LogP contribution >= 0.6 is 0 Å². The third kappa shape index (κ3) is 4.69. The molecular weight excluding hydrogens is 206 g/mol. The van der Waals surface area contributed by atoms with Gasteiger partial charge in [0.2, 0.25) is 0 Å². The number of halogens is 2. The summed E-state index contributed by atoms with van der Waals surface area (Å²) in [6.45, 7) is 3.68. The minimum atomic E-state index is -1.62. The van der Waals surface area contributed by atoms with Crippen molar-refractivity contribution in [3.8, 4) is 0 Å². The lowest BCUT2D eigenvalue weighted by molar-refractivity contribution is 0.417. The van der Waals surface area contributed by atoms with Gasteiger partial charge in [-0.2, -0.15) is 8.78 Å². The normalized spacial score (nSPS) is 11.0. The summed E-state index contributed by atoms with van der Waals surface area (Å²) in [6, 6.07) is 9.75. The highest BCUT2D eigenvalue weighted by atomic mass is 19.3. The SMILES string of the molecule is C=CC(=Cc1ccccc1)CCC=C(F)F. The van der Waals surface area contributed by atoms with Crippen molar-refractivity contribution in [2.45, 2.75) is 12.8 Å². The molecule has 1 aromatic carbocycles. The van der Waals surface area contributed by atoms with Gasteiger partial charge in [-0.15, -0.1) is 0 Å². The van der Waals surface area contributed by atoms with Gasteiger partial charge in [0.05, 0.1) is 0 Å². The Balaban J connectivity index is 2.64. The smallest absolute Gasteiger partial charge is 0.174 e. The molecule has 0 aliphatic carbocycles. The molecule has 0 saturated heterocycles. The van der Waals surface area contributed by atoms with Crippen molar-refractivity contribution < 1.29 is 8.78 Å². The summed E-state index contributed by atoms with van der Waals surface area (Å²) in [7, 11) is 0. The molecule has 16 heavy (non-hydrogen) atoms. The van der Waals surface area contributed by atoms with Gasteiger partial charge in [-0.25, -0.2) is 0 Å².